The molecule has 1 unspecified atom stereocenters. The third-order valence-electron chi connectivity index (χ3n) is 3.52. The second-order valence-electron chi connectivity index (χ2n) is 5.05. The second-order valence-corrected chi connectivity index (χ2v) is 5.05. The van der Waals surface area contributed by atoms with Crippen LogP contribution in [0.25, 0.3) is 0 Å². The summed E-state index contributed by atoms with van der Waals surface area (Å²) in [6.45, 7) is 5.38. The fraction of sp³-hybridized carbons (Fsp3) is 0.429. The molecule has 19 heavy (non-hydrogen) atoms. The molecule has 102 valence electrons. The predicted octanol–water partition coefficient (Wildman–Crippen LogP) is 1.06. The lowest BCUT2D eigenvalue weighted by molar-refractivity contribution is -0.131. The van der Waals surface area contributed by atoms with Crippen LogP contribution < -0.4 is 5.32 Å². The van der Waals surface area contributed by atoms with E-state index in [9.17, 15) is 9.59 Å². The highest BCUT2D eigenvalue weighted by molar-refractivity contribution is 6.07. The monoisotopic (exact) mass is 262 g/mol. The van der Waals surface area contributed by atoms with Gasteiger partial charge in [0, 0.05) is 0 Å². The van der Waals surface area contributed by atoms with Gasteiger partial charge in [0.05, 0.1) is 13.2 Å². The number of benzene rings is 1. The van der Waals surface area contributed by atoms with Gasteiger partial charge in [0.25, 0.3) is 5.91 Å². The largest absolute Gasteiger partial charge is 0.395 e. The van der Waals surface area contributed by atoms with Crippen LogP contribution in [0.1, 0.15) is 23.6 Å². The molecular formula is C14H18N2O3. The summed E-state index contributed by atoms with van der Waals surface area (Å²) in [6.07, 6.45) is 0. The Kier molecular flexibility index (Phi) is 3.32. The summed E-state index contributed by atoms with van der Waals surface area (Å²) >= 11 is 0. The molecule has 1 aliphatic rings. The summed E-state index contributed by atoms with van der Waals surface area (Å²) in [5.74, 6) is -0.321. The van der Waals surface area contributed by atoms with E-state index >= 15 is 0 Å². The summed E-state index contributed by atoms with van der Waals surface area (Å²) in [4.78, 5) is 25.3. The molecule has 1 atom stereocenters. The fourth-order valence-electron chi connectivity index (χ4n) is 2.56. The molecule has 0 aliphatic carbocycles. The Morgan fingerprint density at radius 3 is 2.58 bits per heavy atom. The number of nitrogens with zero attached hydrogens (tertiary/aromatic N) is 1. The predicted molar refractivity (Wildman–Crippen MR) is 70.6 cm³/mol. The molecule has 5 heteroatoms. The summed E-state index contributed by atoms with van der Waals surface area (Å²) < 4.78 is 0. The fourth-order valence-corrected chi connectivity index (χ4v) is 2.56. The van der Waals surface area contributed by atoms with E-state index in [0.29, 0.717) is 0 Å². The number of nitrogens with one attached hydrogen (secondary N) is 1. The summed E-state index contributed by atoms with van der Waals surface area (Å²) in [5, 5.41) is 11.6. The minimum atomic E-state index is -1.05. The van der Waals surface area contributed by atoms with Crippen molar-refractivity contribution in [3.63, 3.8) is 0 Å². The smallest absolute Gasteiger partial charge is 0.325 e. The number of amides is 3. The molecule has 5 nitrogen and oxygen atoms in total. The molecule has 0 bridgehead atoms. The van der Waals surface area contributed by atoms with Gasteiger partial charge in [-0.3, -0.25) is 9.69 Å². The van der Waals surface area contributed by atoms with Crippen molar-refractivity contribution in [2.75, 3.05) is 13.2 Å². The highest BCUT2D eigenvalue weighted by atomic mass is 16.3. The number of rotatable bonds is 3. The van der Waals surface area contributed by atoms with E-state index in [4.69, 9.17) is 5.11 Å². The zero-order chi connectivity index (χ0) is 14.2. The highest BCUT2D eigenvalue weighted by Crippen LogP contribution is 2.31. The third kappa shape index (κ3) is 2.10. The number of carbonyl (C=O) groups excluding carboxylic acids is 2. The zero-order valence-electron chi connectivity index (χ0n) is 11.4. The van der Waals surface area contributed by atoms with Crippen LogP contribution in [0.4, 0.5) is 4.79 Å². The van der Waals surface area contributed by atoms with Crippen LogP contribution >= 0.6 is 0 Å². The second kappa shape index (κ2) is 4.66. The van der Waals surface area contributed by atoms with Crippen molar-refractivity contribution in [3.8, 4) is 0 Å². The van der Waals surface area contributed by atoms with Crippen LogP contribution in [0.2, 0.25) is 0 Å². The van der Waals surface area contributed by atoms with Gasteiger partial charge in [-0.2, -0.15) is 0 Å². The summed E-state index contributed by atoms with van der Waals surface area (Å²) in [7, 11) is 0. The Morgan fingerprint density at radius 1 is 1.32 bits per heavy atom. The minimum Gasteiger partial charge on any atom is -0.395 e. The zero-order valence-corrected chi connectivity index (χ0v) is 11.4. The Balaban J connectivity index is 2.43. The van der Waals surface area contributed by atoms with Crippen molar-refractivity contribution in [3.05, 3.63) is 34.9 Å². The Hall–Kier alpha value is -1.88. The number of imide groups is 1. The first-order valence-corrected chi connectivity index (χ1v) is 6.23. The molecular weight excluding hydrogens is 244 g/mol. The number of carbonyl (C=O) groups is 2. The maximum Gasteiger partial charge on any atom is 0.325 e. The van der Waals surface area contributed by atoms with E-state index in [1.807, 2.05) is 32.0 Å². The molecule has 0 radical (unpaired) electrons. The van der Waals surface area contributed by atoms with Crippen molar-refractivity contribution in [2.24, 2.45) is 0 Å². The Labute approximate surface area is 112 Å². The average molecular weight is 262 g/mol. The van der Waals surface area contributed by atoms with Gasteiger partial charge in [-0.15, -0.1) is 0 Å². The molecule has 1 aliphatic heterocycles. The van der Waals surface area contributed by atoms with E-state index in [1.165, 1.54) is 0 Å². The minimum absolute atomic E-state index is 0.0190. The van der Waals surface area contributed by atoms with Crippen LogP contribution in [0, 0.1) is 13.8 Å². The van der Waals surface area contributed by atoms with Crippen molar-refractivity contribution in [2.45, 2.75) is 26.3 Å². The molecule has 0 aromatic heterocycles. The number of hydrogen-bond acceptors (Lipinski definition) is 3. The lowest BCUT2D eigenvalue weighted by Crippen LogP contribution is -2.41. The van der Waals surface area contributed by atoms with Crippen LogP contribution in [0.3, 0.4) is 0 Å². The third-order valence-corrected chi connectivity index (χ3v) is 3.52. The van der Waals surface area contributed by atoms with Gasteiger partial charge in [0.2, 0.25) is 0 Å². The van der Waals surface area contributed by atoms with Gasteiger partial charge in [-0.05, 0) is 31.9 Å². The summed E-state index contributed by atoms with van der Waals surface area (Å²) in [6, 6.07) is 5.31. The Bertz CT molecular complexity index is 541. The SMILES string of the molecule is Cc1ccc(C2(C)NC(=O)N(CCO)C2=O)c(C)c1. The van der Waals surface area contributed by atoms with Gasteiger partial charge in [0.1, 0.15) is 5.54 Å². The van der Waals surface area contributed by atoms with E-state index in [1.54, 1.807) is 6.92 Å². The van der Waals surface area contributed by atoms with E-state index in [2.05, 4.69) is 5.32 Å². The molecule has 3 amide bonds. The lowest BCUT2D eigenvalue weighted by Gasteiger charge is -2.24. The number of aliphatic hydroxyl groups is 1. The number of hydrogen-bond donors (Lipinski definition) is 2. The lowest BCUT2D eigenvalue weighted by atomic mass is 9.88. The van der Waals surface area contributed by atoms with E-state index < -0.39 is 11.6 Å². The number of aryl methyl sites for hydroxylation is 2. The Morgan fingerprint density at radius 2 is 2.00 bits per heavy atom. The van der Waals surface area contributed by atoms with Crippen molar-refractivity contribution in [1.29, 1.82) is 0 Å². The van der Waals surface area contributed by atoms with Gasteiger partial charge >= 0.3 is 6.03 Å². The molecule has 1 fully saturated rings. The quantitative estimate of drug-likeness (QED) is 0.800. The molecule has 1 heterocycles. The van der Waals surface area contributed by atoms with E-state index in [-0.39, 0.29) is 19.1 Å². The average Bonchev–Trinajstić information content (AvgIpc) is 2.54. The first-order chi connectivity index (χ1) is 8.90. The van der Waals surface area contributed by atoms with Gasteiger partial charge in [0.15, 0.2) is 0 Å². The first-order valence-electron chi connectivity index (χ1n) is 6.23. The number of aliphatic hydroxyl groups excluding tert-OH is 1. The van der Waals surface area contributed by atoms with Crippen LogP contribution in [0.5, 0.6) is 0 Å². The standard InChI is InChI=1S/C14H18N2O3/c1-9-4-5-11(10(2)8-9)14(3)12(18)16(6-7-17)13(19)15-14/h4-5,8,17H,6-7H2,1-3H3,(H,15,19). The molecule has 0 saturated carbocycles. The van der Waals surface area contributed by atoms with Gasteiger partial charge in [-0.1, -0.05) is 23.8 Å². The van der Waals surface area contributed by atoms with Crippen molar-refractivity contribution >= 4 is 11.9 Å². The molecule has 0 spiro atoms. The topological polar surface area (TPSA) is 69.6 Å². The number of β-amino-alcohol motifs (C(OH)–C–C–N with tert-alkyl or cyclic N) is 1. The summed E-state index contributed by atoms with van der Waals surface area (Å²) in [5.41, 5.74) is 1.80. The van der Waals surface area contributed by atoms with Crippen LogP contribution in [-0.2, 0) is 10.3 Å². The highest BCUT2D eigenvalue weighted by Gasteiger charge is 2.49. The maximum absolute atomic E-state index is 12.4. The van der Waals surface area contributed by atoms with Gasteiger partial charge in [-0.25, -0.2) is 4.79 Å². The van der Waals surface area contributed by atoms with Gasteiger partial charge < -0.3 is 10.4 Å². The molecule has 2 N–H and O–H groups in total. The molecule has 1 aromatic rings. The van der Waals surface area contributed by atoms with E-state index in [0.717, 1.165) is 21.6 Å². The molecule has 1 aromatic carbocycles. The van der Waals surface area contributed by atoms with Crippen LogP contribution in [0.15, 0.2) is 18.2 Å². The first kappa shape index (κ1) is 13.5. The maximum atomic E-state index is 12.4. The van der Waals surface area contributed by atoms with Crippen LogP contribution in [-0.4, -0.2) is 35.1 Å². The molecule has 1 saturated heterocycles. The molecule has 2 rings (SSSR count). The van der Waals surface area contributed by atoms with Crippen molar-refractivity contribution < 1.29 is 14.7 Å². The van der Waals surface area contributed by atoms with Crippen molar-refractivity contribution in [1.82, 2.24) is 10.2 Å². The number of urea groups is 1. The normalized spacial score (nSPS) is 22.8.